The standard InChI is InChI=1S/C34H50O9/c1-20(40-24-10-6-5-7-11-24)26-27(29(36)42-28(26)35)33(4,31(38)41-25-12-8-9-13-39-25)32(2,3)30(37)43-34-17-21-14-22(18-34)16-23(15-21)19-34/h20-27H,5-19H2,1-4H3. The molecule has 5 saturated carbocycles. The summed E-state index contributed by atoms with van der Waals surface area (Å²) in [6.45, 7) is 7.11. The number of hydrogen-bond donors (Lipinski definition) is 0. The van der Waals surface area contributed by atoms with Gasteiger partial charge in [0.25, 0.3) is 0 Å². The van der Waals surface area contributed by atoms with Crippen molar-refractivity contribution in [2.24, 2.45) is 40.4 Å². The van der Waals surface area contributed by atoms with Crippen LogP contribution in [0.5, 0.6) is 0 Å². The van der Waals surface area contributed by atoms with E-state index in [1.54, 1.807) is 27.7 Å². The Morgan fingerprint density at radius 2 is 1.44 bits per heavy atom. The maximum absolute atomic E-state index is 14.4. The second kappa shape index (κ2) is 11.7. The molecule has 240 valence electrons. The summed E-state index contributed by atoms with van der Waals surface area (Å²) in [5, 5.41) is 0. The number of ether oxygens (including phenoxy) is 5. The van der Waals surface area contributed by atoms with Crippen molar-refractivity contribution in [1.29, 1.82) is 0 Å². The third-order valence-corrected chi connectivity index (χ3v) is 12.1. The lowest BCUT2D eigenvalue weighted by Gasteiger charge is -2.56. The van der Waals surface area contributed by atoms with E-state index >= 15 is 0 Å². The molecule has 0 spiro atoms. The third-order valence-electron chi connectivity index (χ3n) is 12.1. The average Bonchev–Trinajstić information content (AvgIpc) is 3.26. The van der Waals surface area contributed by atoms with E-state index in [1.165, 1.54) is 19.3 Å². The summed E-state index contributed by atoms with van der Waals surface area (Å²) in [4.78, 5) is 55.7. The second-order valence-corrected chi connectivity index (χ2v) is 15.4. The highest BCUT2D eigenvalue weighted by Gasteiger charge is 2.68. The normalized spacial score (nSPS) is 38.3. The van der Waals surface area contributed by atoms with E-state index in [4.69, 9.17) is 23.7 Å². The summed E-state index contributed by atoms with van der Waals surface area (Å²) in [5.74, 6) is -3.50. The Kier molecular flexibility index (Phi) is 8.46. The lowest BCUT2D eigenvalue weighted by molar-refractivity contribution is -0.223. The van der Waals surface area contributed by atoms with Gasteiger partial charge in [0.15, 0.2) is 0 Å². The van der Waals surface area contributed by atoms with E-state index in [0.29, 0.717) is 30.8 Å². The van der Waals surface area contributed by atoms with E-state index in [1.807, 2.05) is 0 Å². The summed E-state index contributed by atoms with van der Waals surface area (Å²) in [5.41, 5.74) is -3.85. The number of rotatable bonds is 9. The van der Waals surface area contributed by atoms with Crippen molar-refractivity contribution >= 4 is 23.9 Å². The molecule has 9 nitrogen and oxygen atoms in total. The van der Waals surface area contributed by atoms with Gasteiger partial charge in [-0.3, -0.25) is 19.2 Å². The topological polar surface area (TPSA) is 114 Å². The summed E-state index contributed by atoms with van der Waals surface area (Å²) in [7, 11) is 0. The van der Waals surface area contributed by atoms with Gasteiger partial charge >= 0.3 is 23.9 Å². The van der Waals surface area contributed by atoms with Crippen molar-refractivity contribution in [3.8, 4) is 0 Å². The predicted octanol–water partition coefficient (Wildman–Crippen LogP) is 5.65. The smallest absolute Gasteiger partial charge is 0.320 e. The monoisotopic (exact) mass is 602 g/mol. The lowest BCUT2D eigenvalue weighted by Crippen LogP contribution is -2.60. The molecule has 2 aliphatic heterocycles. The van der Waals surface area contributed by atoms with Gasteiger partial charge in [0.2, 0.25) is 6.29 Å². The van der Waals surface area contributed by atoms with E-state index in [0.717, 1.165) is 64.2 Å². The van der Waals surface area contributed by atoms with Gasteiger partial charge in [0.05, 0.1) is 41.5 Å². The Morgan fingerprint density at radius 3 is 2.02 bits per heavy atom. The molecule has 0 amide bonds. The molecule has 7 aliphatic rings. The Morgan fingerprint density at radius 1 is 0.837 bits per heavy atom. The molecule has 5 unspecified atom stereocenters. The molecule has 4 bridgehead atoms. The minimum atomic E-state index is -1.79. The van der Waals surface area contributed by atoms with E-state index in [-0.39, 0.29) is 6.10 Å². The number of carbonyl (C=O) groups is 4. The number of carbonyl (C=O) groups excluding carboxylic acids is 4. The van der Waals surface area contributed by atoms with E-state index in [9.17, 15) is 19.2 Å². The summed E-state index contributed by atoms with van der Waals surface area (Å²) in [6, 6.07) is 0. The molecule has 2 saturated heterocycles. The van der Waals surface area contributed by atoms with Crippen LogP contribution in [0.2, 0.25) is 0 Å². The van der Waals surface area contributed by atoms with Crippen LogP contribution in [0.1, 0.15) is 118 Å². The highest BCUT2D eigenvalue weighted by atomic mass is 16.7. The van der Waals surface area contributed by atoms with Crippen molar-refractivity contribution in [2.45, 2.75) is 142 Å². The first kappa shape index (κ1) is 31.0. The fourth-order valence-electron chi connectivity index (χ4n) is 9.67. The van der Waals surface area contributed by atoms with Crippen molar-refractivity contribution < 1.29 is 42.9 Å². The molecule has 2 heterocycles. The Bertz CT molecular complexity index is 1070. The minimum absolute atomic E-state index is 0.0317. The van der Waals surface area contributed by atoms with Crippen LogP contribution >= 0.6 is 0 Å². The van der Waals surface area contributed by atoms with Gasteiger partial charge in [-0.25, -0.2) is 0 Å². The van der Waals surface area contributed by atoms with Gasteiger partial charge in [0.1, 0.15) is 5.60 Å². The molecular weight excluding hydrogens is 552 g/mol. The van der Waals surface area contributed by atoms with Gasteiger partial charge in [-0.1, -0.05) is 19.3 Å². The highest BCUT2D eigenvalue weighted by Crippen LogP contribution is 2.59. The summed E-state index contributed by atoms with van der Waals surface area (Å²) < 4.78 is 29.8. The zero-order chi connectivity index (χ0) is 30.6. The maximum atomic E-state index is 14.4. The molecule has 9 heteroatoms. The zero-order valence-corrected chi connectivity index (χ0v) is 26.4. The Labute approximate surface area is 255 Å². The molecule has 0 aromatic rings. The molecule has 0 radical (unpaired) electrons. The van der Waals surface area contributed by atoms with Crippen LogP contribution in [0.4, 0.5) is 0 Å². The van der Waals surface area contributed by atoms with Crippen LogP contribution in [0, 0.1) is 40.4 Å². The number of cyclic esters (lactones) is 2. The Balaban J connectivity index is 1.31. The third kappa shape index (κ3) is 5.66. The molecule has 7 fully saturated rings. The second-order valence-electron chi connectivity index (χ2n) is 15.4. The van der Waals surface area contributed by atoms with Crippen molar-refractivity contribution in [2.75, 3.05) is 6.61 Å². The highest BCUT2D eigenvalue weighted by molar-refractivity contribution is 6.02. The molecule has 0 aromatic carbocycles. The van der Waals surface area contributed by atoms with Crippen LogP contribution in [0.25, 0.3) is 0 Å². The largest absolute Gasteiger partial charge is 0.459 e. The van der Waals surface area contributed by atoms with E-state index in [2.05, 4.69) is 0 Å². The van der Waals surface area contributed by atoms with Crippen molar-refractivity contribution in [1.82, 2.24) is 0 Å². The van der Waals surface area contributed by atoms with Crippen LogP contribution in [0.15, 0.2) is 0 Å². The first-order valence-electron chi connectivity index (χ1n) is 16.9. The summed E-state index contributed by atoms with van der Waals surface area (Å²) in [6.07, 6.45) is 11.9. The molecular formula is C34H50O9. The van der Waals surface area contributed by atoms with E-state index < -0.39 is 64.5 Å². The SMILES string of the molecule is CC(OC1CCCCC1)C1C(=O)OC(=O)C1C(C)(C(=O)OC1CCCCO1)C(C)(C)C(=O)OC12CC3CC(CC(C3)C1)C2. The Hall–Kier alpha value is -2.00. The van der Waals surface area contributed by atoms with Gasteiger partial charge < -0.3 is 23.7 Å². The first-order chi connectivity index (χ1) is 20.4. The molecule has 43 heavy (non-hydrogen) atoms. The van der Waals surface area contributed by atoms with Crippen LogP contribution < -0.4 is 0 Å². The first-order valence-corrected chi connectivity index (χ1v) is 16.9. The number of hydrogen-bond acceptors (Lipinski definition) is 9. The molecule has 5 aliphatic carbocycles. The molecule has 0 aromatic heterocycles. The van der Waals surface area contributed by atoms with Crippen LogP contribution in [0.3, 0.4) is 0 Å². The van der Waals surface area contributed by atoms with Gasteiger partial charge in [-0.2, -0.15) is 0 Å². The number of esters is 4. The van der Waals surface area contributed by atoms with Gasteiger partial charge in [-0.15, -0.1) is 0 Å². The van der Waals surface area contributed by atoms with Crippen LogP contribution in [-0.4, -0.2) is 54.6 Å². The fraction of sp³-hybridized carbons (Fsp3) is 0.882. The fourth-order valence-corrected chi connectivity index (χ4v) is 9.67. The lowest BCUT2D eigenvalue weighted by atomic mass is 9.54. The zero-order valence-electron chi connectivity index (χ0n) is 26.4. The average molecular weight is 603 g/mol. The summed E-state index contributed by atoms with van der Waals surface area (Å²) >= 11 is 0. The van der Waals surface area contributed by atoms with Gasteiger partial charge in [0, 0.05) is 6.42 Å². The van der Waals surface area contributed by atoms with Crippen molar-refractivity contribution in [3.05, 3.63) is 0 Å². The minimum Gasteiger partial charge on any atom is -0.459 e. The molecule has 7 rings (SSSR count). The quantitative estimate of drug-likeness (QED) is 0.187. The molecule has 0 N–H and O–H groups in total. The maximum Gasteiger partial charge on any atom is 0.320 e. The molecule has 5 atom stereocenters. The van der Waals surface area contributed by atoms with Crippen molar-refractivity contribution in [3.63, 3.8) is 0 Å². The van der Waals surface area contributed by atoms with Crippen LogP contribution in [-0.2, 0) is 42.9 Å². The predicted molar refractivity (Wildman–Crippen MR) is 154 cm³/mol. The van der Waals surface area contributed by atoms with Gasteiger partial charge in [-0.05, 0) is 110 Å².